The summed E-state index contributed by atoms with van der Waals surface area (Å²) in [4.78, 5) is 19.1. The van der Waals surface area contributed by atoms with E-state index in [0.29, 0.717) is 10.6 Å². The van der Waals surface area contributed by atoms with Crippen LogP contribution >= 0.6 is 11.6 Å². The van der Waals surface area contributed by atoms with Gasteiger partial charge in [0, 0.05) is 38.8 Å². The molecule has 0 saturated heterocycles. The van der Waals surface area contributed by atoms with E-state index in [0.717, 1.165) is 51.7 Å². The Hall–Kier alpha value is -3.24. The molecule has 5 rings (SSSR count). The number of nitrogens with one attached hydrogen (secondary N) is 2. The van der Waals surface area contributed by atoms with Crippen molar-refractivity contribution in [2.24, 2.45) is 0 Å². The molecule has 1 aliphatic carbocycles. The maximum absolute atomic E-state index is 12.5. The molecule has 5 heteroatoms. The lowest BCUT2D eigenvalue weighted by molar-refractivity contribution is 0.0692. The van der Waals surface area contributed by atoms with Crippen LogP contribution in [0.25, 0.3) is 39.4 Å². The number of carboxylic acid groups (broad SMARTS) is 1. The van der Waals surface area contributed by atoms with Crippen LogP contribution in [0.1, 0.15) is 59.4 Å². The Labute approximate surface area is 191 Å². The average Bonchev–Trinajstić information content (AvgIpc) is 3.50. The van der Waals surface area contributed by atoms with Gasteiger partial charge in [-0.3, -0.25) is 0 Å². The number of carbonyl (C=O) groups is 1. The van der Waals surface area contributed by atoms with Gasteiger partial charge in [0.2, 0.25) is 0 Å². The van der Waals surface area contributed by atoms with Crippen molar-refractivity contribution in [1.29, 1.82) is 0 Å². The number of carboxylic acids is 1. The van der Waals surface area contributed by atoms with Crippen molar-refractivity contribution in [2.75, 3.05) is 0 Å². The van der Waals surface area contributed by atoms with Crippen LogP contribution in [0.5, 0.6) is 0 Å². The molecule has 0 spiro atoms. The lowest BCUT2D eigenvalue weighted by Gasteiger charge is -2.16. The van der Waals surface area contributed by atoms with Crippen molar-refractivity contribution in [3.63, 3.8) is 0 Å². The largest absolute Gasteiger partial charge is 0.477 e. The van der Waals surface area contributed by atoms with Gasteiger partial charge in [0.25, 0.3) is 0 Å². The van der Waals surface area contributed by atoms with Crippen LogP contribution in [0.3, 0.4) is 0 Å². The van der Waals surface area contributed by atoms with Crippen molar-refractivity contribution < 1.29 is 9.90 Å². The fourth-order valence-electron chi connectivity index (χ4n) is 4.92. The second-order valence-corrected chi connectivity index (χ2v) is 9.07. The minimum atomic E-state index is -0.985. The van der Waals surface area contributed by atoms with E-state index in [1.165, 1.54) is 11.1 Å². The van der Waals surface area contributed by atoms with Crippen LogP contribution in [-0.4, -0.2) is 21.0 Å². The lowest BCUT2D eigenvalue weighted by Crippen LogP contribution is -2.02. The summed E-state index contributed by atoms with van der Waals surface area (Å²) in [6.07, 6.45) is 7.80. The Morgan fingerprint density at radius 2 is 2.00 bits per heavy atom. The van der Waals surface area contributed by atoms with E-state index in [1.807, 2.05) is 24.4 Å². The lowest BCUT2D eigenvalue weighted by atomic mass is 9.87. The van der Waals surface area contributed by atoms with Crippen LogP contribution < -0.4 is 0 Å². The van der Waals surface area contributed by atoms with Crippen LogP contribution in [0.2, 0.25) is 5.02 Å². The molecular weight excluding hydrogens is 420 g/mol. The number of hydrogen-bond donors (Lipinski definition) is 3. The van der Waals surface area contributed by atoms with Gasteiger partial charge < -0.3 is 15.1 Å². The van der Waals surface area contributed by atoms with Gasteiger partial charge >= 0.3 is 5.97 Å². The van der Waals surface area contributed by atoms with E-state index in [2.05, 4.69) is 55.0 Å². The second-order valence-electron chi connectivity index (χ2n) is 8.66. The number of allylic oxidation sites excluding steroid dienone is 1. The minimum absolute atomic E-state index is 0.0842. The number of aromatic carboxylic acids is 1. The SMILES string of the molecule is CCc1cc(-c2[nH]c(C(=O)O)c(-c3c(Cl)ccc4c3C=CC4)c2C(C)C)c2cc[nH]c2c1. The first-order valence-corrected chi connectivity index (χ1v) is 11.4. The van der Waals surface area contributed by atoms with Crippen molar-refractivity contribution in [1.82, 2.24) is 9.97 Å². The monoisotopic (exact) mass is 444 g/mol. The molecule has 0 saturated carbocycles. The number of H-pyrrole nitrogens is 2. The maximum Gasteiger partial charge on any atom is 0.352 e. The summed E-state index contributed by atoms with van der Waals surface area (Å²) in [5.74, 6) is -0.901. The van der Waals surface area contributed by atoms with E-state index in [1.54, 1.807) is 0 Å². The maximum atomic E-state index is 12.5. The second kappa shape index (κ2) is 7.72. The molecule has 4 aromatic rings. The number of aromatic nitrogens is 2. The molecule has 0 unspecified atom stereocenters. The molecule has 0 radical (unpaired) electrons. The molecule has 2 aromatic heterocycles. The molecule has 4 nitrogen and oxygen atoms in total. The summed E-state index contributed by atoms with van der Waals surface area (Å²) >= 11 is 6.73. The van der Waals surface area contributed by atoms with E-state index in [9.17, 15) is 9.90 Å². The molecule has 0 amide bonds. The van der Waals surface area contributed by atoms with Gasteiger partial charge in [0.05, 0.1) is 5.69 Å². The van der Waals surface area contributed by atoms with Crippen LogP contribution in [-0.2, 0) is 12.8 Å². The Morgan fingerprint density at radius 3 is 2.72 bits per heavy atom. The standard InChI is InChI=1S/C27H25ClN2O2/c1-4-15-12-19(18-10-11-29-21(18)13-15)25-22(14(2)3)24(26(30-25)27(31)32)23-17-7-5-6-16(17)8-9-20(23)28/h5,7-14,29-30H,4,6H2,1-3H3,(H,31,32). The number of rotatable bonds is 5. The van der Waals surface area contributed by atoms with Gasteiger partial charge in [-0.2, -0.15) is 0 Å². The number of aromatic amines is 2. The van der Waals surface area contributed by atoms with Crippen molar-refractivity contribution >= 4 is 34.5 Å². The number of fused-ring (bicyclic) bond motifs is 2. The van der Waals surface area contributed by atoms with Gasteiger partial charge in [-0.25, -0.2) is 4.79 Å². The third kappa shape index (κ3) is 3.09. The molecule has 2 heterocycles. The molecule has 2 aromatic carbocycles. The van der Waals surface area contributed by atoms with Crippen LogP contribution in [0, 0.1) is 0 Å². The highest BCUT2D eigenvalue weighted by Crippen LogP contribution is 2.47. The van der Waals surface area contributed by atoms with Gasteiger partial charge in [0.15, 0.2) is 0 Å². The number of halogens is 1. The average molecular weight is 445 g/mol. The molecule has 0 atom stereocenters. The topological polar surface area (TPSA) is 68.9 Å². The summed E-state index contributed by atoms with van der Waals surface area (Å²) in [7, 11) is 0. The van der Waals surface area contributed by atoms with Gasteiger partial charge in [-0.05, 0) is 65.3 Å². The van der Waals surface area contributed by atoms with E-state index in [4.69, 9.17) is 11.6 Å². The highest BCUT2D eigenvalue weighted by molar-refractivity contribution is 6.34. The fourth-order valence-corrected chi connectivity index (χ4v) is 5.18. The summed E-state index contributed by atoms with van der Waals surface area (Å²) in [6, 6.07) is 10.3. The summed E-state index contributed by atoms with van der Waals surface area (Å²) < 4.78 is 0. The first kappa shape index (κ1) is 20.7. The molecule has 3 N–H and O–H groups in total. The number of hydrogen-bond acceptors (Lipinski definition) is 1. The zero-order valence-electron chi connectivity index (χ0n) is 18.3. The Balaban J connectivity index is 1.90. The quantitative estimate of drug-likeness (QED) is 0.299. The van der Waals surface area contributed by atoms with E-state index >= 15 is 0 Å². The Morgan fingerprint density at radius 1 is 1.19 bits per heavy atom. The summed E-state index contributed by atoms with van der Waals surface area (Å²) in [6.45, 7) is 6.33. The molecule has 162 valence electrons. The van der Waals surface area contributed by atoms with Crippen molar-refractivity contribution in [2.45, 2.75) is 39.5 Å². The molecule has 0 bridgehead atoms. The van der Waals surface area contributed by atoms with Gasteiger partial charge in [-0.1, -0.05) is 50.6 Å². The fraction of sp³-hybridized carbons (Fsp3) is 0.222. The van der Waals surface area contributed by atoms with Gasteiger partial charge in [0.1, 0.15) is 5.69 Å². The zero-order valence-corrected chi connectivity index (χ0v) is 19.1. The molecule has 0 aliphatic heterocycles. The predicted octanol–water partition coefficient (Wildman–Crippen LogP) is 7.44. The Kier molecular flexibility index (Phi) is 4.98. The third-order valence-corrected chi connectivity index (χ3v) is 6.71. The minimum Gasteiger partial charge on any atom is -0.477 e. The van der Waals surface area contributed by atoms with Crippen molar-refractivity contribution in [3.8, 4) is 22.4 Å². The molecule has 0 fully saturated rings. The summed E-state index contributed by atoms with van der Waals surface area (Å²) in [5, 5.41) is 11.8. The first-order valence-electron chi connectivity index (χ1n) is 11.0. The Bertz CT molecular complexity index is 1410. The molecule has 32 heavy (non-hydrogen) atoms. The number of benzene rings is 2. The zero-order chi connectivity index (χ0) is 22.6. The van der Waals surface area contributed by atoms with Crippen LogP contribution in [0.4, 0.5) is 0 Å². The molecular formula is C27H25ClN2O2. The highest BCUT2D eigenvalue weighted by Gasteiger charge is 2.30. The highest BCUT2D eigenvalue weighted by atomic mass is 35.5. The first-order chi connectivity index (χ1) is 15.4. The third-order valence-electron chi connectivity index (χ3n) is 6.39. The molecule has 1 aliphatic rings. The summed E-state index contributed by atoms with van der Waals surface area (Å²) in [5.41, 5.74) is 8.95. The number of aryl methyl sites for hydroxylation is 1. The predicted molar refractivity (Wildman–Crippen MR) is 132 cm³/mol. The smallest absolute Gasteiger partial charge is 0.352 e. The normalized spacial score (nSPS) is 12.8. The van der Waals surface area contributed by atoms with Crippen LogP contribution in [0.15, 0.2) is 42.6 Å². The van der Waals surface area contributed by atoms with E-state index < -0.39 is 5.97 Å². The van der Waals surface area contributed by atoms with Crippen molar-refractivity contribution in [3.05, 3.63) is 75.6 Å². The van der Waals surface area contributed by atoms with Gasteiger partial charge in [-0.15, -0.1) is 0 Å². The van der Waals surface area contributed by atoms with E-state index in [-0.39, 0.29) is 11.6 Å².